The molecule has 2 aromatic rings. The highest BCUT2D eigenvalue weighted by atomic mass is 79.9. The lowest BCUT2D eigenvalue weighted by molar-refractivity contribution is 0.635. The summed E-state index contributed by atoms with van der Waals surface area (Å²) in [5, 5.41) is 12.2. The van der Waals surface area contributed by atoms with Crippen molar-refractivity contribution < 1.29 is 0 Å². The van der Waals surface area contributed by atoms with Gasteiger partial charge in [-0.2, -0.15) is 4.68 Å². The van der Waals surface area contributed by atoms with Crippen molar-refractivity contribution in [2.75, 3.05) is 5.73 Å². The van der Waals surface area contributed by atoms with E-state index in [1.54, 1.807) is 0 Å². The smallest absolute Gasteiger partial charge is 0.159 e. The molecule has 1 aromatic heterocycles. The molecule has 1 aromatic carbocycles. The minimum atomic E-state index is 0.462. The number of aromatic nitrogens is 4. The molecule has 0 unspecified atom stereocenters. The van der Waals surface area contributed by atoms with Crippen LogP contribution in [0.5, 0.6) is 0 Å². The summed E-state index contributed by atoms with van der Waals surface area (Å²) in [5.41, 5.74) is 8.71. The van der Waals surface area contributed by atoms with Gasteiger partial charge in [0.15, 0.2) is 5.82 Å². The average molecular weight is 322 g/mol. The van der Waals surface area contributed by atoms with Gasteiger partial charge < -0.3 is 5.73 Å². The molecular weight excluding hydrogens is 306 g/mol. The minimum Gasteiger partial charge on any atom is -0.398 e. The van der Waals surface area contributed by atoms with Gasteiger partial charge in [0.25, 0.3) is 0 Å². The fraction of sp³-hybridized carbons (Fsp3) is 0.462. The Balaban J connectivity index is 2.07. The second-order valence-electron chi connectivity index (χ2n) is 5.09. The molecule has 100 valence electrons. The molecule has 1 aliphatic rings. The van der Waals surface area contributed by atoms with E-state index in [-0.39, 0.29) is 0 Å². The molecular formula is C13H16BrN5. The number of anilines is 1. The maximum absolute atomic E-state index is 6.00. The van der Waals surface area contributed by atoms with Crippen molar-refractivity contribution in [3.63, 3.8) is 0 Å². The zero-order valence-electron chi connectivity index (χ0n) is 10.8. The van der Waals surface area contributed by atoms with Gasteiger partial charge in [0, 0.05) is 16.1 Å². The third kappa shape index (κ3) is 2.25. The maximum atomic E-state index is 6.00. The first-order chi connectivity index (χ1) is 9.16. The molecule has 1 saturated carbocycles. The first kappa shape index (κ1) is 12.6. The fourth-order valence-electron chi connectivity index (χ4n) is 2.64. The van der Waals surface area contributed by atoms with E-state index in [0.29, 0.717) is 5.92 Å². The van der Waals surface area contributed by atoms with E-state index in [1.807, 2.05) is 23.7 Å². The molecule has 1 heterocycles. The van der Waals surface area contributed by atoms with E-state index in [9.17, 15) is 0 Å². The van der Waals surface area contributed by atoms with Crippen molar-refractivity contribution >= 4 is 21.6 Å². The van der Waals surface area contributed by atoms with E-state index in [2.05, 4.69) is 31.5 Å². The van der Waals surface area contributed by atoms with Crippen molar-refractivity contribution in [2.45, 2.75) is 38.5 Å². The fourth-order valence-corrected chi connectivity index (χ4v) is 3.27. The van der Waals surface area contributed by atoms with E-state index in [0.717, 1.165) is 27.2 Å². The SMILES string of the molecule is Cc1cc(Br)c(-n2nnnc2C2CCCC2)cc1N. The van der Waals surface area contributed by atoms with Crippen LogP contribution in [0.15, 0.2) is 16.6 Å². The molecule has 2 N–H and O–H groups in total. The lowest BCUT2D eigenvalue weighted by Gasteiger charge is -2.12. The Labute approximate surface area is 120 Å². The van der Waals surface area contributed by atoms with E-state index < -0.39 is 0 Å². The summed E-state index contributed by atoms with van der Waals surface area (Å²) in [4.78, 5) is 0. The summed E-state index contributed by atoms with van der Waals surface area (Å²) in [5.74, 6) is 1.41. The van der Waals surface area contributed by atoms with Crippen LogP contribution in [0.4, 0.5) is 5.69 Å². The van der Waals surface area contributed by atoms with Crippen LogP contribution in [0, 0.1) is 6.92 Å². The van der Waals surface area contributed by atoms with Crippen LogP contribution in [0.25, 0.3) is 5.69 Å². The Morgan fingerprint density at radius 3 is 2.79 bits per heavy atom. The normalized spacial score (nSPS) is 16.1. The Kier molecular flexibility index (Phi) is 3.26. The molecule has 0 amide bonds. The summed E-state index contributed by atoms with van der Waals surface area (Å²) in [6.45, 7) is 1.99. The molecule has 0 bridgehead atoms. The van der Waals surface area contributed by atoms with E-state index >= 15 is 0 Å². The average Bonchev–Trinajstić information content (AvgIpc) is 3.03. The summed E-state index contributed by atoms with van der Waals surface area (Å²) in [7, 11) is 0. The topological polar surface area (TPSA) is 69.6 Å². The molecule has 3 rings (SSSR count). The van der Waals surface area contributed by atoms with Crippen LogP contribution >= 0.6 is 15.9 Å². The Hall–Kier alpha value is -1.43. The van der Waals surface area contributed by atoms with Crippen LogP contribution in [-0.4, -0.2) is 20.2 Å². The summed E-state index contributed by atoms with van der Waals surface area (Å²) in [6, 6.07) is 3.93. The predicted molar refractivity (Wildman–Crippen MR) is 77.2 cm³/mol. The molecule has 1 aliphatic carbocycles. The number of nitrogens with two attached hydrogens (primary N) is 1. The van der Waals surface area contributed by atoms with Crippen LogP contribution in [0.2, 0.25) is 0 Å². The van der Waals surface area contributed by atoms with Crippen molar-refractivity contribution in [3.8, 4) is 5.69 Å². The van der Waals surface area contributed by atoms with Gasteiger partial charge in [-0.3, -0.25) is 0 Å². The molecule has 0 aliphatic heterocycles. The molecule has 0 radical (unpaired) electrons. The highest BCUT2D eigenvalue weighted by Gasteiger charge is 2.24. The van der Waals surface area contributed by atoms with Gasteiger partial charge in [-0.1, -0.05) is 12.8 Å². The van der Waals surface area contributed by atoms with E-state index in [4.69, 9.17) is 5.73 Å². The highest BCUT2D eigenvalue weighted by Crippen LogP contribution is 2.35. The van der Waals surface area contributed by atoms with Gasteiger partial charge >= 0.3 is 0 Å². The second kappa shape index (κ2) is 4.92. The monoisotopic (exact) mass is 321 g/mol. The number of tetrazole rings is 1. The Bertz CT molecular complexity index is 601. The number of nitrogens with zero attached hydrogens (tertiary/aromatic N) is 4. The standard InChI is InChI=1S/C13H16BrN5/c1-8-6-10(14)12(7-11(8)15)19-13(16-17-18-19)9-4-2-3-5-9/h6-7,9H,2-5,15H2,1H3. The molecule has 5 nitrogen and oxygen atoms in total. The molecule has 6 heteroatoms. The lowest BCUT2D eigenvalue weighted by Crippen LogP contribution is -2.08. The summed E-state index contributed by atoms with van der Waals surface area (Å²) in [6.07, 6.45) is 4.85. The number of benzene rings is 1. The number of hydrogen-bond acceptors (Lipinski definition) is 4. The number of nitrogen functional groups attached to an aromatic ring is 1. The van der Waals surface area contributed by atoms with E-state index in [1.165, 1.54) is 25.7 Å². The molecule has 1 fully saturated rings. The maximum Gasteiger partial charge on any atom is 0.159 e. The highest BCUT2D eigenvalue weighted by molar-refractivity contribution is 9.10. The van der Waals surface area contributed by atoms with Gasteiger partial charge in [0.05, 0.1) is 5.69 Å². The number of hydrogen-bond donors (Lipinski definition) is 1. The third-order valence-corrected chi connectivity index (χ3v) is 4.41. The molecule has 0 spiro atoms. The molecule has 0 atom stereocenters. The number of aryl methyl sites for hydroxylation is 1. The van der Waals surface area contributed by atoms with Crippen molar-refractivity contribution in [2.24, 2.45) is 0 Å². The van der Waals surface area contributed by atoms with Gasteiger partial charge in [-0.25, -0.2) is 0 Å². The minimum absolute atomic E-state index is 0.462. The number of rotatable bonds is 2. The summed E-state index contributed by atoms with van der Waals surface area (Å²) < 4.78 is 2.78. The van der Waals surface area contributed by atoms with Crippen molar-refractivity contribution in [1.29, 1.82) is 0 Å². The first-order valence-corrected chi connectivity index (χ1v) is 7.30. The van der Waals surface area contributed by atoms with Gasteiger partial charge in [0.2, 0.25) is 0 Å². The van der Waals surface area contributed by atoms with Crippen molar-refractivity contribution in [1.82, 2.24) is 20.2 Å². The zero-order chi connectivity index (χ0) is 13.4. The van der Waals surface area contributed by atoms with Crippen molar-refractivity contribution in [3.05, 3.63) is 28.0 Å². The van der Waals surface area contributed by atoms with Crippen LogP contribution in [-0.2, 0) is 0 Å². The first-order valence-electron chi connectivity index (χ1n) is 6.51. The molecule has 19 heavy (non-hydrogen) atoms. The molecule has 0 saturated heterocycles. The summed E-state index contributed by atoms with van der Waals surface area (Å²) >= 11 is 3.57. The van der Waals surface area contributed by atoms with Gasteiger partial charge in [-0.05, 0) is 63.8 Å². The lowest BCUT2D eigenvalue weighted by atomic mass is 10.1. The Morgan fingerprint density at radius 2 is 2.05 bits per heavy atom. The van der Waals surface area contributed by atoms with Crippen LogP contribution in [0.1, 0.15) is 43.0 Å². The van der Waals surface area contributed by atoms with Gasteiger partial charge in [-0.15, -0.1) is 5.10 Å². The van der Waals surface area contributed by atoms with Crippen LogP contribution < -0.4 is 5.73 Å². The predicted octanol–water partition coefficient (Wildman–Crippen LogP) is 2.97. The second-order valence-corrected chi connectivity index (χ2v) is 5.94. The third-order valence-electron chi connectivity index (χ3n) is 3.78. The van der Waals surface area contributed by atoms with Gasteiger partial charge in [0.1, 0.15) is 0 Å². The quantitative estimate of drug-likeness (QED) is 0.863. The zero-order valence-corrected chi connectivity index (χ0v) is 12.4. The Morgan fingerprint density at radius 1 is 1.32 bits per heavy atom. The number of halogens is 1. The largest absolute Gasteiger partial charge is 0.398 e. The van der Waals surface area contributed by atoms with Crippen LogP contribution in [0.3, 0.4) is 0 Å².